The van der Waals surface area contributed by atoms with Crippen molar-refractivity contribution < 1.29 is 4.79 Å². The van der Waals surface area contributed by atoms with Crippen LogP contribution in [0.2, 0.25) is 5.02 Å². The van der Waals surface area contributed by atoms with Crippen LogP contribution in [0.25, 0.3) is 0 Å². The third-order valence-corrected chi connectivity index (χ3v) is 5.07. The van der Waals surface area contributed by atoms with Gasteiger partial charge in [0.1, 0.15) is 0 Å². The summed E-state index contributed by atoms with van der Waals surface area (Å²) >= 11 is 5.96. The molecule has 0 unspecified atom stereocenters. The molecule has 114 valence electrons. The van der Waals surface area contributed by atoms with Gasteiger partial charge in [-0.3, -0.25) is 9.69 Å². The standard InChI is InChI=1S/C17H23ClN2O/c1-12-11-13(18)7-8-14(12)17(21)19-15-5-4-6-16(15)20-9-2-3-10-20/h7-8,11,15-16H,2-6,9-10H2,1H3,(H,19,21)/t15-,16+/m1/s1. The molecule has 0 bridgehead atoms. The van der Waals surface area contributed by atoms with Gasteiger partial charge < -0.3 is 5.32 Å². The smallest absolute Gasteiger partial charge is 0.251 e. The van der Waals surface area contributed by atoms with Crippen molar-refractivity contribution in [3.05, 3.63) is 34.3 Å². The van der Waals surface area contributed by atoms with E-state index in [1.165, 1.54) is 38.8 Å². The highest BCUT2D eigenvalue weighted by Gasteiger charge is 2.34. The van der Waals surface area contributed by atoms with Crippen molar-refractivity contribution in [2.75, 3.05) is 13.1 Å². The molecule has 0 spiro atoms. The molecule has 3 rings (SSSR count). The SMILES string of the molecule is Cc1cc(Cl)ccc1C(=O)N[C@@H]1CCC[C@@H]1N1CCCC1. The predicted molar refractivity (Wildman–Crippen MR) is 85.9 cm³/mol. The van der Waals surface area contributed by atoms with E-state index in [-0.39, 0.29) is 5.91 Å². The fourth-order valence-electron chi connectivity index (χ4n) is 3.75. The van der Waals surface area contributed by atoms with Crippen LogP contribution in [0.15, 0.2) is 18.2 Å². The van der Waals surface area contributed by atoms with Crippen LogP contribution in [0.1, 0.15) is 48.0 Å². The van der Waals surface area contributed by atoms with Crippen molar-refractivity contribution in [2.24, 2.45) is 0 Å². The lowest BCUT2D eigenvalue weighted by Gasteiger charge is -2.29. The number of benzene rings is 1. The molecule has 1 saturated heterocycles. The first-order chi connectivity index (χ1) is 10.1. The summed E-state index contributed by atoms with van der Waals surface area (Å²) in [5.74, 6) is 0.0419. The molecular formula is C17H23ClN2O. The summed E-state index contributed by atoms with van der Waals surface area (Å²) in [5.41, 5.74) is 1.68. The maximum atomic E-state index is 12.5. The Hall–Kier alpha value is -1.06. The van der Waals surface area contributed by atoms with Crippen LogP contribution in [0.5, 0.6) is 0 Å². The van der Waals surface area contributed by atoms with Crippen LogP contribution in [0.4, 0.5) is 0 Å². The zero-order valence-corrected chi connectivity index (χ0v) is 13.3. The largest absolute Gasteiger partial charge is 0.348 e. The summed E-state index contributed by atoms with van der Waals surface area (Å²) < 4.78 is 0. The molecule has 0 radical (unpaired) electrons. The molecule has 1 aliphatic heterocycles. The van der Waals surface area contributed by atoms with E-state index < -0.39 is 0 Å². The molecule has 1 aromatic rings. The van der Waals surface area contributed by atoms with Gasteiger partial charge in [-0.25, -0.2) is 0 Å². The Bertz CT molecular complexity index is 526. The summed E-state index contributed by atoms with van der Waals surface area (Å²) in [7, 11) is 0. The van der Waals surface area contributed by atoms with Crippen LogP contribution in [-0.2, 0) is 0 Å². The monoisotopic (exact) mass is 306 g/mol. The van der Waals surface area contributed by atoms with Gasteiger partial charge in [-0.05, 0) is 75.9 Å². The lowest BCUT2D eigenvalue weighted by molar-refractivity contribution is 0.0912. The van der Waals surface area contributed by atoms with Crippen molar-refractivity contribution in [3.8, 4) is 0 Å². The predicted octanol–water partition coefficient (Wildman–Crippen LogP) is 3.40. The van der Waals surface area contributed by atoms with E-state index in [4.69, 9.17) is 11.6 Å². The molecule has 2 atom stereocenters. The average molecular weight is 307 g/mol. The Morgan fingerprint density at radius 3 is 2.71 bits per heavy atom. The molecular weight excluding hydrogens is 284 g/mol. The third-order valence-electron chi connectivity index (χ3n) is 4.84. The van der Waals surface area contributed by atoms with E-state index in [0.29, 0.717) is 17.1 Å². The van der Waals surface area contributed by atoms with Crippen molar-refractivity contribution in [1.82, 2.24) is 10.2 Å². The third kappa shape index (κ3) is 3.24. The molecule has 3 nitrogen and oxygen atoms in total. The molecule has 1 aromatic carbocycles. The zero-order chi connectivity index (χ0) is 14.8. The van der Waals surface area contributed by atoms with Gasteiger partial charge in [-0.1, -0.05) is 11.6 Å². The minimum atomic E-state index is 0.0419. The van der Waals surface area contributed by atoms with Crippen molar-refractivity contribution >= 4 is 17.5 Å². The summed E-state index contributed by atoms with van der Waals surface area (Å²) in [5, 5.41) is 3.94. The lowest BCUT2D eigenvalue weighted by atomic mass is 10.1. The Morgan fingerprint density at radius 1 is 1.24 bits per heavy atom. The molecule has 1 heterocycles. The van der Waals surface area contributed by atoms with Crippen LogP contribution >= 0.6 is 11.6 Å². The highest BCUT2D eigenvalue weighted by molar-refractivity contribution is 6.30. The number of nitrogens with one attached hydrogen (secondary N) is 1. The van der Waals surface area contributed by atoms with Gasteiger partial charge in [0.25, 0.3) is 5.91 Å². The molecule has 2 aliphatic rings. The number of carbonyl (C=O) groups is 1. The molecule has 1 aliphatic carbocycles. The van der Waals surface area contributed by atoms with Crippen LogP contribution in [0.3, 0.4) is 0 Å². The first-order valence-corrected chi connectivity index (χ1v) is 8.34. The molecule has 1 saturated carbocycles. The fourth-order valence-corrected chi connectivity index (χ4v) is 3.97. The normalized spacial score (nSPS) is 26.2. The van der Waals surface area contributed by atoms with Crippen molar-refractivity contribution in [3.63, 3.8) is 0 Å². The number of hydrogen-bond donors (Lipinski definition) is 1. The zero-order valence-electron chi connectivity index (χ0n) is 12.6. The van der Waals surface area contributed by atoms with Crippen LogP contribution in [-0.4, -0.2) is 36.0 Å². The summed E-state index contributed by atoms with van der Waals surface area (Å²) in [6.45, 7) is 4.32. The number of likely N-dealkylation sites (tertiary alicyclic amines) is 1. The van der Waals surface area contributed by atoms with Gasteiger partial charge in [-0.15, -0.1) is 0 Å². The summed E-state index contributed by atoms with van der Waals surface area (Å²) in [6, 6.07) is 6.29. The number of rotatable bonds is 3. The van der Waals surface area contributed by atoms with Gasteiger partial charge in [0, 0.05) is 22.7 Å². The highest BCUT2D eigenvalue weighted by Crippen LogP contribution is 2.27. The molecule has 1 N–H and O–H groups in total. The van der Waals surface area contributed by atoms with Crippen LogP contribution < -0.4 is 5.32 Å². The minimum absolute atomic E-state index is 0.0419. The topological polar surface area (TPSA) is 32.3 Å². The molecule has 0 aromatic heterocycles. The second kappa shape index (κ2) is 6.37. The second-order valence-electron chi connectivity index (χ2n) is 6.28. The number of aryl methyl sites for hydroxylation is 1. The Balaban J connectivity index is 1.68. The van der Waals surface area contributed by atoms with E-state index in [1.807, 2.05) is 19.1 Å². The van der Waals surface area contributed by atoms with E-state index in [9.17, 15) is 4.79 Å². The maximum Gasteiger partial charge on any atom is 0.251 e. The number of nitrogens with zero attached hydrogens (tertiary/aromatic N) is 1. The fraction of sp³-hybridized carbons (Fsp3) is 0.588. The van der Waals surface area contributed by atoms with Gasteiger partial charge >= 0.3 is 0 Å². The van der Waals surface area contributed by atoms with Gasteiger partial charge in [-0.2, -0.15) is 0 Å². The first-order valence-electron chi connectivity index (χ1n) is 7.96. The summed E-state index contributed by atoms with van der Waals surface area (Å²) in [6.07, 6.45) is 6.12. The van der Waals surface area contributed by atoms with E-state index in [2.05, 4.69) is 10.2 Å². The van der Waals surface area contributed by atoms with Crippen molar-refractivity contribution in [2.45, 2.75) is 51.1 Å². The van der Waals surface area contributed by atoms with E-state index >= 15 is 0 Å². The number of carbonyl (C=O) groups excluding carboxylic acids is 1. The first kappa shape index (κ1) is 14.9. The Labute approximate surface area is 131 Å². The highest BCUT2D eigenvalue weighted by atomic mass is 35.5. The summed E-state index contributed by atoms with van der Waals surface area (Å²) in [4.78, 5) is 15.1. The van der Waals surface area contributed by atoms with E-state index in [1.54, 1.807) is 6.07 Å². The van der Waals surface area contributed by atoms with Gasteiger partial charge in [0.2, 0.25) is 0 Å². The molecule has 2 fully saturated rings. The average Bonchev–Trinajstić information content (AvgIpc) is 3.08. The van der Waals surface area contributed by atoms with Crippen LogP contribution in [0, 0.1) is 6.92 Å². The minimum Gasteiger partial charge on any atom is -0.348 e. The van der Waals surface area contributed by atoms with Gasteiger partial charge in [0.15, 0.2) is 0 Å². The quantitative estimate of drug-likeness (QED) is 0.928. The Kier molecular flexibility index (Phi) is 4.51. The number of amides is 1. The molecule has 21 heavy (non-hydrogen) atoms. The Morgan fingerprint density at radius 2 is 2.00 bits per heavy atom. The number of halogens is 1. The molecule has 4 heteroatoms. The number of hydrogen-bond acceptors (Lipinski definition) is 2. The lowest BCUT2D eigenvalue weighted by Crippen LogP contribution is -2.47. The van der Waals surface area contributed by atoms with E-state index in [0.717, 1.165) is 17.5 Å². The second-order valence-corrected chi connectivity index (χ2v) is 6.72. The maximum absolute atomic E-state index is 12.5. The van der Waals surface area contributed by atoms with Gasteiger partial charge in [0.05, 0.1) is 0 Å². The van der Waals surface area contributed by atoms with Crippen molar-refractivity contribution in [1.29, 1.82) is 0 Å². The molecule has 1 amide bonds.